The Bertz CT molecular complexity index is 1000. The third-order valence-corrected chi connectivity index (χ3v) is 4.42. The zero-order chi connectivity index (χ0) is 18.1. The molecule has 0 spiro atoms. The normalized spacial score (nSPS) is 12.7. The number of benzene rings is 2. The Labute approximate surface area is 150 Å². The number of pyridine rings is 1. The van der Waals surface area contributed by atoms with Crippen LogP contribution in [-0.4, -0.2) is 10.9 Å². The minimum Gasteiger partial charge on any atom is -0.398 e. The van der Waals surface area contributed by atoms with Gasteiger partial charge in [-0.15, -0.1) is 0 Å². The summed E-state index contributed by atoms with van der Waals surface area (Å²) < 4.78 is 14.1. The molecule has 0 aliphatic carbocycles. The van der Waals surface area contributed by atoms with Gasteiger partial charge in [0.1, 0.15) is 5.82 Å². The van der Waals surface area contributed by atoms with Crippen LogP contribution in [0.4, 0.5) is 15.8 Å². The van der Waals surface area contributed by atoms with Gasteiger partial charge in [-0.3, -0.25) is 9.78 Å². The molecule has 4 N–H and O–H groups in total. The number of carbonyl (C=O) groups is 1. The van der Waals surface area contributed by atoms with Crippen LogP contribution in [-0.2, 0) is 13.1 Å². The zero-order valence-corrected chi connectivity index (χ0v) is 13.9. The van der Waals surface area contributed by atoms with Crippen LogP contribution in [0.2, 0.25) is 0 Å². The summed E-state index contributed by atoms with van der Waals surface area (Å²) in [5.41, 5.74) is 10.8. The molecular weight excluding hydrogens is 331 g/mol. The number of aromatic nitrogens is 1. The van der Waals surface area contributed by atoms with Crippen LogP contribution in [0.3, 0.4) is 0 Å². The van der Waals surface area contributed by atoms with E-state index in [-0.39, 0.29) is 11.5 Å². The average molecular weight is 348 g/mol. The first-order valence-corrected chi connectivity index (χ1v) is 8.24. The second-order valence-corrected chi connectivity index (χ2v) is 6.23. The molecule has 4 rings (SSSR count). The Morgan fingerprint density at radius 2 is 1.96 bits per heavy atom. The SMILES string of the molecule is Nc1ccncc1-c1cc(F)cc(C(=O)Nc2ccc3c(c2)CNC3)c1. The van der Waals surface area contributed by atoms with Gasteiger partial charge in [0.2, 0.25) is 0 Å². The number of halogens is 1. The van der Waals surface area contributed by atoms with Gasteiger partial charge in [0, 0.05) is 48.0 Å². The van der Waals surface area contributed by atoms with Crippen LogP contribution in [0.15, 0.2) is 54.9 Å². The maximum atomic E-state index is 14.1. The van der Waals surface area contributed by atoms with E-state index in [1.165, 1.54) is 17.7 Å². The van der Waals surface area contributed by atoms with Gasteiger partial charge in [-0.1, -0.05) is 6.07 Å². The molecule has 0 unspecified atom stereocenters. The second-order valence-electron chi connectivity index (χ2n) is 6.23. The number of nitrogen functional groups attached to an aromatic ring is 1. The lowest BCUT2D eigenvalue weighted by atomic mass is 10.0. The smallest absolute Gasteiger partial charge is 0.255 e. The fraction of sp³-hybridized carbons (Fsp3) is 0.100. The molecule has 0 saturated carbocycles. The van der Waals surface area contributed by atoms with Crippen LogP contribution in [0, 0.1) is 5.82 Å². The quantitative estimate of drug-likeness (QED) is 0.678. The fourth-order valence-corrected chi connectivity index (χ4v) is 3.10. The molecule has 130 valence electrons. The molecule has 5 nitrogen and oxygen atoms in total. The first kappa shape index (κ1) is 16.2. The number of hydrogen-bond donors (Lipinski definition) is 3. The molecule has 2 aromatic carbocycles. The summed E-state index contributed by atoms with van der Waals surface area (Å²) in [6.07, 6.45) is 3.12. The number of anilines is 2. The van der Waals surface area contributed by atoms with Gasteiger partial charge in [-0.25, -0.2) is 4.39 Å². The zero-order valence-electron chi connectivity index (χ0n) is 13.9. The minimum absolute atomic E-state index is 0.224. The van der Waals surface area contributed by atoms with Crippen molar-refractivity contribution < 1.29 is 9.18 Å². The van der Waals surface area contributed by atoms with Crippen molar-refractivity contribution in [1.29, 1.82) is 0 Å². The largest absolute Gasteiger partial charge is 0.398 e. The summed E-state index contributed by atoms with van der Waals surface area (Å²) in [6.45, 7) is 1.62. The third kappa shape index (κ3) is 3.14. The van der Waals surface area contributed by atoms with E-state index in [0.717, 1.165) is 18.7 Å². The molecule has 26 heavy (non-hydrogen) atoms. The number of nitrogens with zero attached hydrogens (tertiary/aromatic N) is 1. The second kappa shape index (κ2) is 6.57. The number of nitrogens with one attached hydrogen (secondary N) is 2. The van der Waals surface area contributed by atoms with Gasteiger partial charge in [0.15, 0.2) is 0 Å². The molecule has 0 saturated heterocycles. The van der Waals surface area contributed by atoms with E-state index < -0.39 is 5.82 Å². The summed E-state index contributed by atoms with van der Waals surface area (Å²) in [5.74, 6) is -0.881. The molecular formula is C20H17FN4O. The Hall–Kier alpha value is -3.25. The number of fused-ring (bicyclic) bond motifs is 1. The highest BCUT2D eigenvalue weighted by Crippen LogP contribution is 2.27. The summed E-state index contributed by atoms with van der Waals surface area (Å²) in [4.78, 5) is 16.6. The van der Waals surface area contributed by atoms with Gasteiger partial charge < -0.3 is 16.4 Å². The highest BCUT2D eigenvalue weighted by Gasteiger charge is 2.14. The minimum atomic E-state index is -0.506. The van der Waals surface area contributed by atoms with E-state index in [9.17, 15) is 9.18 Å². The van der Waals surface area contributed by atoms with Gasteiger partial charge in [-0.2, -0.15) is 0 Å². The van der Waals surface area contributed by atoms with Crippen molar-refractivity contribution in [1.82, 2.24) is 10.3 Å². The highest BCUT2D eigenvalue weighted by molar-refractivity contribution is 6.05. The maximum absolute atomic E-state index is 14.1. The lowest BCUT2D eigenvalue weighted by Gasteiger charge is -2.10. The van der Waals surface area contributed by atoms with E-state index in [1.807, 2.05) is 18.2 Å². The monoisotopic (exact) mass is 348 g/mol. The molecule has 1 aliphatic rings. The molecule has 0 fully saturated rings. The van der Waals surface area contributed by atoms with Crippen LogP contribution in [0.25, 0.3) is 11.1 Å². The number of hydrogen-bond acceptors (Lipinski definition) is 4. The van der Waals surface area contributed by atoms with E-state index in [1.54, 1.807) is 24.5 Å². The van der Waals surface area contributed by atoms with Crippen molar-refractivity contribution in [2.24, 2.45) is 0 Å². The molecule has 0 atom stereocenters. The van der Waals surface area contributed by atoms with Gasteiger partial charge in [-0.05, 0) is 53.1 Å². The lowest BCUT2D eigenvalue weighted by Crippen LogP contribution is -2.12. The predicted molar refractivity (Wildman–Crippen MR) is 99.0 cm³/mol. The van der Waals surface area contributed by atoms with E-state index in [4.69, 9.17) is 5.73 Å². The van der Waals surface area contributed by atoms with Gasteiger partial charge >= 0.3 is 0 Å². The van der Waals surface area contributed by atoms with Crippen molar-refractivity contribution >= 4 is 17.3 Å². The van der Waals surface area contributed by atoms with Gasteiger partial charge in [0.05, 0.1) is 0 Å². The van der Waals surface area contributed by atoms with Crippen molar-refractivity contribution in [2.45, 2.75) is 13.1 Å². The molecule has 3 aromatic rings. The van der Waals surface area contributed by atoms with E-state index in [0.29, 0.717) is 22.5 Å². The van der Waals surface area contributed by atoms with Crippen LogP contribution in [0.5, 0.6) is 0 Å². The molecule has 1 aliphatic heterocycles. The average Bonchev–Trinajstić information content (AvgIpc) is 3.09. The summed E-state index contributed by atoms with van der Waals surface area (Å²) in [5, 5.41) is 6.09. The summed E-state index contributed by atoms with van der Waals surface area (Å²) in [6, 6.07) is 11.6. The first-order valence-electron chi connectivity index (χ1n) is 8.24. The Morgan fingerprint density at radius 3 is 2.81 bits per heavy atom. The Balaban J connectivity index is 1.63. The third-order valence-electron chi connectivity index (χ3n) is 4.42. The Kier molecular flexibility index (Phi) is 4.10. The number of rotatable bonds is 3. The van der Waals surface area contributed by atoms with Crippen LogP contribution < -0.4 is 16.4 Å². The molecule has 6 heteroatoms. The fourth-order valence-electron chi connectivity index (χ4n) is 3.10. The molecule has 1 aromatic heterocycles. The van der Waals surface area contributed by atoms with Crippen molar-refractivity contribution in [3.05, 3.63) is 77.4 Å². The molecule has 2 heterocycles. The van der Waals surface area contributed by atoms with Crippen molar-refractivity contribution in [3.8, 4) is 11.1 Å². The lowest BCUT2D eigenvalue weighted by molar-refractivity contribution is 0.102. The highest BCUT2D eigenvalue weighted by atomic mass is 19.1. The molecule has 1 amide bonds. The molecule has 0 bridgehead atoms. The maximum Gasteiger partial charge on any atom is 0.255 e. The topological polar surface area (TPSA) is 80.0 Å². The van der Waals surface area contributed by atoms with E-state index >= 15 is 0 Å². The summed E-state index contributed by atoms with van der Waals surface area (Å²) >= 11 is 0. The summed E-state index contributed by atoms with van der Waals surface area (Å²) in [7, 11) is 0. The van der Waals surface area contributed by atoms with Crippen LogP contribution in [0.1, 0.15) is 21.5 Å². The van der Waals surface area contributed by atoms with Crippen LogP contribution >= 0.6 is 0 Å². The standard InChI is InChI=1S/C20H17FN4O/c21-16-6-13(18-11-23-4-3-19(18)22)5-14(7-16)20(26)25-17-2-1-12-9-24-10-15(12)8-17/h1-8,11,24H,9-10H2,(H2,22,23)(H,25,26). The number of nitrogens with two attached hydrogens (primary N) is 1. The molecule has 0 radical (unpaired) electrons. The van der Waals surface area contributed by atoms with Crippen molar-refractivity contribution in [3.63, 3.8) is 0 Å². The van der Waals surface area contributed by atoms with E-state index in [2.05, 4.69) is 15.6 Å². The predicted octanol–water partition coefficient (Wildman–Crippen LogP) is 3.33. The van der Waals surface area contributed by atoms with Gasteiger partial charge in [0.25, 0.3) is 5.91 Å². The first-order chi connectivity index (χ1) is 12.6. The number of amides is 1. The number of carbonyl (C=O) groups excluding carboxylic acids is 1. The Morgan fingerprint density at radius 1 is 1.12 bits per heavy atom. The van der Waals surface area contributed by atoms with Crippen molar-refractivity contribution in [2.75, 3.05) is 11.1 Å².